The Morgan fingerprint density at radius 2 is 1.17 bits per heavy atom. The van der Waals surface area contributed by atoms with Crippen LogP contribution in [0.3, 0.4) is 0 Å². The Morgan fingerprint density at radius 3 is 1.17 bits per heavy atom. The van der Waals surface area contributed by atoms with Crippen LogP contribution in [0.5, 0.6) is 0 Å². The third kappa shape index (κ3) is 50.7. The summed E-state index contributed by atoms with van der Waals surface area (Å²) >= 11 is -5.67. The fourth-order valence-electron chi connectivity index (χ4n) is 0. The zero-order chi connectivity index (χ0) is 4.50. The molecule has 0 aliphatic carbocycles. The molecule has 0 fully saturated rings. The average molecular weight is 290 g/mol. The van der Waals surface area contributed by atoms with Crippen LogP contribution in [0.1, 0.15) is 0 Å². The summed E-state index contributed by atoms with van der Waals surface area (Å²) in [6, 6.07) is 0. The molecule has 0 saturated heterocycles. The molecule has 0 amide bonds. The molecule has 0 radical (unpaired) electrons. The van der Waals surface area contributed by atoms with E-state index in [0.29, 0.717) is 0 Å². The standard InChI is InChI=1S/Ca.2H2O.2O.W/h;2*1H2;;;/q+2;;;;;+2/p-2. The molecule has 0 aromatic carbocycles. The first kappa shape index (κ1) is 10.4. The summed E-state index contributed by atoms with van der Waals surface area (Å²) in [5.74, 6) is 0. The molecular formula is H2CaO4W+2. The van der Waals surface area contributed by atoms with E-state index < -0.39 is 16.7 Å². The Bertz CT molecular complexity index is 90.7. The molecule has 0 aliphatic rings. The van der Waals surface area contributed by atoms with Crippen LogP contribution in [-0.4, -0.2) is 45.3 Å². The van der Waals surface area contributed by atoms with Crippen molar-refractivity contribution < 1.29 is 31.1 Å². The SMILES string of the molecule is [Ca+2].[O]=[W](=[O])([OH])[OH]. The van der Waals surface area contributed by atoms with E-state index in [1.54, 1.807) is 0 Å². The van der Waals surface area contributed by atoms with Crippen LogP contribution in [0, 0.1) is 0 Å². The van der Waals surface area contributed by atoms with Crippen molar-refractivity contribution in [2.45, 2.75) is 0 Å². The summed E-state index contributed by atoms with van der Waals surface area (Å²) in [4.78, 5) is 0. The first-order chi connectivity index (χ1) is 2.00. The van der Waals surface area contributed by atoms with Gasteiger partial charge in [-0.2, -0.15) is 0 Å². The van der Waals surface area contributed by atoms with Crippen molar-refractivity contribution in [3.8, 4) is 0 Å². The van der Waals surface area contributed by atoms with Crippen LogP contribution in [0.2, 0.25) is 0 Å². The fourth-order valence-corrected chi connectivity index (χ4v) is 0. The predicted molar refractivity (Wildman–Crippen MR) is 11.6 cm³/mol. The molecule has 0 bridgehead atoms. The summed E-state index contributed by atoms with van der Waals surface area (Å²) in [6.45, 7) is 0. The van der Waals surface area contributed by atoms with E-state index in [1.165, 1.54) is 0 Å². The van der Waals surface area contributed by atoms with Gasteiger partial charge in [-0.05, 0) is 0 Å². The van der Waals surface area contributed by atoms with Gasteiger partial charge in [0.2, 0.25) is 0 Å². The zero-order valence-electron chi connectivity index (χ0n) is 2.83. The van der Waals surface area contributed by atoms with Crippen molar-refractivity contribution >= 4 is 37.7 Å². The Balaban J connectivity index is 0. The minimum absolute atomic E-state index is 0. The van der Waals surface area contributed by atoms with Gasteiger partial charge in [-0.25, -0.2) is 0 Å². The van der Waals surface area contributed by atoms with Gasteiger partial charge in [0.25, 0.3) is 0 Å². The minimum atomic E-state index is -5.67. The van der Waals surface area contributed by atoms with E-state index in [2.05, 4.69) is 0 Å². The molecule has 2 N–H and O–H groups in total. The molecule has 6 heavy (non-hydrogen) atoms. The van der Waals surface area contributed by atoms with E-state index >= 15 is 0 Å². The van der Waals surface area contributed by atoms with Crippen molar-refractivity contribution in [2.24, 2.45) is 0 Å². The molecule has 0 heterocycles. The zero-order valence-corrected chi connectivity index (χ0v) is 7.97. The van der Waals surface area contributed by atoms with Gasteiger partial charge in [0, 0.05) is 0 Å². The molecule has 4 nitrogen and oxygen atoms in total. The second-order valence-electron chi connectivity index (χ2n) is 0.448. The second kappa shape index (κ2) is 3.47. The van der Waals surface area contributed by atoms with Gasteiger partial charge in [0.15, 0.2) is 0 Å². The van der Waals surface area contributed by atoms with Gasteiger partial charge in [-0.3, -0.25) is 0 Å². The Hall–Kier alpha value is 1.47. The van der Waals surface area contributed by atoms with Gasteiger partial charge in [-0.1, -0.05) is 0 Å². The third-order valence-electron chi connectivity index (χ3n) is 0. The summed E-state index contributed by atoms with van der Waals surface area (Å²) in [5, 5.41) is 0. The van der Waals surface area contributed by atoms with Crippen LogP contribution in [0.25, 0.3) is 0 Å². The van der Waals surface area contributed by atoms with Gasteiger partial charge >= 0.3 is 68.8 Å². The molecule has 6 heteroatoms. The molecule has 0 aliphatic heterocycles. The quantitative estimate of drug-likeness (QED) is 0.520. The van der Waals surface area contributed by atoms with Gasteiger partial charge < -0.3 is 0 Å². The van der Waals surface area contributed by atoms with Crippen LogP contribution < -0.4 is 0 Å². The maximum absolute atomic E-state index is 8.87. The predicted octanol–water partition coefficient (Wildman–Crippen LogP) is -1.73. The van der Waals surface area contributed by atoms with E-state index in [1.807, 2.05) is 0 Å². The molecule has 0 spiro atoms. The first-order valence-electron chi connectivity index (χ1n) is 0.698. The van der Waals surface area contributed by atoms with E-state index in [4.69, 9.17) is 14.3 Å². The van der Waals surface area contributed by atoms with Crippen LogP contribution in [0.4, 0.5) is 0 Å². The fraction of sp³-hybridized carbons (Fsp3) is 0. The summed E-state index contributed by atoms with van der Waals surface area (Å²) in [5.41, 5.74) is 0. The molecule has 0 aromatic rings. The van der Waals surface area contributed by atoms with E-state index in [-0.39, 0.29) is 37.7 Å². The molecule has 32 valence electrons. The first-order valence-corrected chi connectivity index (χ1v) is 5.72. The van der Waals surface area contributed by atoms with Crippen molar-refractivity contribution in [2.75, 3.05) is 0 Å². The molecule has 0 saturated carbocycles. The third-order valence-corrected chi connectivity index (χ3v) is 0. The van der Waals surface area contributed by atoms with Crippen molar-refractivity contribution in [3.05, 3.63) is 0 Å². The van der Waals surface area contributed by atoms with E-state index in [9.17, 15) is 0 Å². The maximum atomic E-state index is 8.87. The number of hydrogen-bond donors (Lipinski definition) is 2. The number of rotatable bonds is 0. The van der Waals surface area contributed by atoms with Crippen LogP contribution in [0.15, 0.2) is 0 Å². The van der Waals surface area contributed by atoms with Gasteiger partial charge in [0.1, 0.15) is 0 Å². The summed E-state index contributed by atoms with van der Waals surface area (Å²) < 4.78 is 32.1. The van der Waals surface area contributed by atoms with Gasteiger partial charge in [0.05, 0.1) is 0 Å². The van der Waals surface area contributed by atoms with Crippen molar-refractivity contribution in [1.29, 1.82) is 0 Å². The Morgan fingerprint density at radius 1 is 1.17 bits per heavy atom. The van der Waals surface area contributed by atoms with Crippen LogP contribution in [-0.2, 0) is 23.5 Å². The van der Waals surface area contributed by atoms with Crippen molar-refractivity contribution in [1.82, 2.24) is 0 Å². The van der Waals surface area contributed by atoms with Crippen LogP contribution >= 0.6 is 0 Å². The Labute approximate surface area is 67.9 Å². The monoisotopic (exact) mass is 290 g/mol. The normalized spacial score (nSPS) is 9.67. The molecular weight excluding hydrogens is 288 g/mol. The molecule has 0 aromatic heterocycles. The summed E-state index contributed by atoms with van der Waals surface area (Å²) in [6.07, 6.45) is 0. The molecule has 0 unspecified atom stereocenters. The Kier molecular flexibility index (Phi) is 6.04. The molecule has 0 rings (SSSR count). The van der Waals surface area contributed by atoms with E-state index in [0.717, 1.165) is 0 Å². The second-order valence-corrected chi connectivity index (χ2v) is 3.67. The van der Waals surface area contributed by atoms with Gasteiger partial charge in [-0.15, -0.1) is 0 Å². The average Bonchev–Trinajstić information content (AvgIpc) is 0.722. The number of hydrogen-bond acceptors (Lipinski definition) is 2. The summed E-state index contributed by atoms with van der Waals surface area (Å²) in [7, 11) is 0. The van der Waals surface area contributed by atoms with Crippen molar-refractivity contribution in [3.63, 3.8) is 0 Å². The molecule has 0 atom stereocenters. The topological polar surface area (TPSA) is 74.6 Å².